The van der Waals surface area contributed by atoms with Gasteiger partial charge in [0, 0.05) is 16.7 Å². The Morgan fingerprint density at radius 2 is 1.98 bits per heavy atom. The van der Waals surface area contributed by atoms with E-state index in [0.717, 1.165) is 11.3 Å². The number of ether oxygens (including phenoxy) is 2. The minimum Gasteiger partial charge on any atom is -0.481 e. The molecule has 10 nitrogen and oxygen atoms in total. The molecule has 222 valence electrons. The van der Waals surface area contributed by atoms with Gasteiger partial charge in [0.2, 0.25) is 5.75 Å². The van der Waals surface area contributed by atoms with Crippen LogP contribution < -0.4 is 19.6 Å². The fourth-order valence-electron chi connectivity index (χ4n) is 4.80. The first-order valence-corrected chi connectivity index (χ1v) is 15.2. The number of carbonyl (C=O) groups excluding carboxylic acids is 1. The molecule has 0 saturated carbocycles. The van der Waals surface area contributed by atoms with Crippen LogP contribution in [0.2, 0.25) is 5.02 Å². The summed E-state index contributed by atoms with van der Waals surface area (Å²) in [6.45, 7) is 3.42. The lowest BCUT2D eigenvalue weighted by molar-refractivity contribution is -0.386. The molecule has 0 bridgehead atoms. The second kappa shape index (κ2) is 13.0. The van der Waals surface area contributed by atoms with Crippen LogP contribution in [0.3, 0.4) is 0 Å². The van der Waals surface area contributed by atoms with Crippen molar-refractivity contribution >= 4 is 56.6 Å². The molecule has 0 unspecified atom stereocenters. The van der Waals surface area contributed by atoms with Gasteiger partial charge in [0.15, 0.2) is 4.80 Å². The van der Waals surface area contributed by atoms with Gasteiger partial charge in [-0.1, -0.05) is 59.3 Å². The van der Waals surface area contributed by atoms with Crippen LogP contribution >= 0.6 is 38.9 Å². The number of allylic oxidation sites excluding steroid dienone is 1. The number of rotatable bonds is 8. The number of halogens is 2. The lowest BCUT2D eigenvalue weighted by atomic mass is 9.96. The largest absolute Gasteiger partial charge is 0.481 e. The zero-order valence-corrected chi connectivity index (χ0v) is 26.4. The number of nitro groups is 1. The zero-order valence-electron chi connectivity index (χ0n) is 23.2. The zero-order chi connectivity index (χ0) is 31.5. The van der Waals surface area contributed by atoms with E-state index in [0.29, 0.717) is 37.8 Å². The summed E-state index contributed by atoms with van der Waals surface area (Å²) >= 11 is 11.0. The van der Waals surface area contributed by atoms with Gasteiger partial charge >= 0.3 is 11.7 Å². The maximum atomic E-state index is 13.9. The van der Waals surface area contributed by atoms with E-state index in [1.807, 2.05) is 0 Å². The minimum absolute atomic E-state index is 0.0187. The van der Waals surface area contributed by atoms with Crippen LogP contribution in [0.1, 0.15) is 42.1 Å². The van der Waals surface area contributed by atoms with E-state index in [1.165, 1.54) is 16.7 Å². The molecule has 2 heterocycles. The molecule has 1 aliphatic rings. The number of nitrogens with zero attached hydrogens (tertiary/aromatic N) is 4. The number of benzene rings is 3. The van der Waals surface area contributed by atoms with Crippen molar-refractivity contribution in [3.8, 4) is 11.8 Å². The van der Waals surface area contributed by atoms with E-state index in [9.17, 15) is 25.0 Å². The summed E-state index contributed by atoms with van der Waals surface area (Å²) in [5.74, 6) is -0.629. The third-order valence-corrected chi connectivity index (χ3v) is 8.68. The number of thiazole rings is 1. The van der Waals surface area contributed by atoms with Gasteiger partial charge in [0.1, 0.15) is 12.6 Å². The van der Waals surface area contributed by atoms with Crippen molar-refractivity contribution in [1.29, 1.82) is 5.26 Å². The van der Waals surface area contributed by atoms with Crippen LogP contribution in [-0.4, -0.2) is 22.1 Å². The predicted molar refractivity (Wildman–Crippen MR) is 168 cm³/mol. The highest BCUT2D eigenvalue weighted by atomic mass is 79.9. The predicted octanol–water partition coefficient (Wildman–Crippen LogP) is 5.57. The number of nitro benzene ring substituents is 1. The van der Waals surface area contributed by atoms with E-state index in [1.54, 1.807) is 68.4 Å². The third-order valence-electron chi connectivity index (χ3n) is 6.77. The topological polar surface area (TPSA) is 137 Å². The van der Waals surface area contributed by atoms with Crippen LogP contribution in [0.15, 0.2) is 86.2 Å². The summed E-state index contributed by atoms with van der Waals surface area (Å²) in [6, 6.07) is 17.8. The second-order valence-electron chi connectivity index (χ2n) is 9.49. The fourth-order valence-corrected chi connectivity index (χ4v) is 6.67. The molecule has 0 amide bonds. The summed E-state index contributed by atoms with van der Waals surface area (Å²) in [7, 11) is 0. The molecule has 3 aromatic carbocycles. The van der Waals surface area contributed by atoms with Crippen LogP contribution in [0.4, 0.5) is 5.69 Å². The van der Waals surface area contributed by atoms with Crippen molar-refractivity contribution in [3.05, 3.63) is 133 Å². The summed E-state index contributed by atoms with van der Waals surface area (Å²) in [5.41, 5.74) is 1.64. The van der Waals surface area contributed by atoms with Gasteiger partial charge in [-0.25, -0.2) is 9.79 Å². The Morgan fingerprint density at radius 1 is 1.25 bits per heavy atom. The molecule has 1 aromatic heterocycles. The van der Waals surface area contributed by atoms with Crippen LogP contribution in [0.25, 0.3) is 6.08 Å². The minimum atomic E-state index is -0.894. The van der Waals surface area contributed by atoms with Crippen molar-refractivity contribution in [2.75, 3.05) is 6.61 Å². The Hall–Kier alpha value is -4.57. The first-order valence-electron chi connectivity index (χ1n) is 13.2. The van der Waals surface area contributed by atoms with Gasteiger partial charge in [0.05, 0.1) is 43.4 Å². The molecule has 0 spiro atoms. The molecular formula is C31H22BrClN4O6S. The number of esters is 1. The molecule has 1 atom stereocenters. The van der Waals surface area contributed by atoms with Gasteiger partial charge < -0.3 is 9.47 Å². The first-order chi connectivity index (χ1) is 21.1. The molecule has 0 saturated heterocycles. The summed E-state index contributed by atoms with van der Waals surface area (Å²) < 4.78 is 13.0. The van der Waals surface area contributed by atoms with Crippen LogP contribution in [0.5, 0.6) is 5.75 Å². The number of nitriles is 1. The lowest BCUT2D eigenvalue weighted by Crippen LogP contribution is -2.40. The van der Waals surface area contributed by atoms with Crippen LogP contribution in [-0.2, 0) is 16.1 Å². The number of hydrogen-bond donors (Lipinski definition) is 0. The maximum absolute atomic E-state index is 13.9. The molecular weight excluding hydrogens is 672 g/mol. The van der Waals surface area contributed by atoms with Crippen molar-refractivity contribution in [2.24, 2.45) is 4.99 Å². The van der Waals surface area contributed by atoms with E-state index in [2.05, 4.69) is 27.0 Å². The molecule has 44 heavy (non-hydrogen) atoms. The Labute approximate surface area is 268 Å². The first kappa shape index (κ1) is 30.9. The molecule has 5 rings (SSSR count). The highest BCUT2D eigenvalue weighted by Gasteiger charge is 2.34. The van der Waals surface area contributed by atoms with Crippen molar-refractivity contribution in [2.45, 2.75) is 26.5 Å². The Bertz CT molecular complexity index is 2080. The number of carbonyl (C=O) groups is 1. The van der Waals surface area contributed by atoms with Gasteiger partial charge in [0.25, 0.3) is 5.56 Å². The Balaban J connectivity index is 1.61. The van der Waals surface area contributed by atoms with Crippen LogP contribution in [0, 0.1) is 21.4 Å². The Morgan fingerprint density at radius 3 is 2.68 bits per heavy atom. The highest BCUT2D eigenvalue weighted by Crippen LogP contribution is 2.38. The van der Waals surface area contributed by atoms with Crippen molar-refractivity contribution in [3.63, 3.8) is 0 Å². The van der Waals surface area contributed by atoms with Gasteiger partial charge in [-0.15, -0.1) is 0 Å². The molecule has 0 radical (unpaired) electrons. The molecule has 13 heteroatoms. The van der Waals surface area contributed by atoms with Crippen molar-refractivity contribution in [1.82, 2.24) is 4.57 Å². The SMILES string of the molecule is CCOC(=O)C1=C(C)N=c2s/c(=C\c3cc(Br)c(OCc4ccccc4C#N)c([N+](=O)[O-])c3)c(=O)n2[C@H]1c1ccccc1Cl. The molecule has 4 aromatic rings. The second-order valence-corrected chi connectivity index (χ2v) is 11.8. The average molecular weight is 694 g/mol. The normalized spacial score (nSPS) is 14.4. The summed E-state index contributed by atoms with van der Waals surface area (Å²) in [5, 5.41) is 21.8. The summed E-state index contributed by atoms with van der Waals surface area (Å²) in [4.78, 5) is 43.3. The smallest absolute Gasteiger partial charge is 0.338 e. The average Bonchev–Trinajstić information content (AvgIpc) is 3.29. The highest BCUT2D eigenvalue weighted by molar-refractivity contribution is 9.10. The molecule has 0 N–H and O–H groups in total. The van der Waals surface area contributed by atoms with Gasteiger partial charge in [-0.2, -0.15) is 5.26 Å². The monoisotopic (exact) mass is 692 g/mol. The number of aromatic nitrogens is 1. The van der Waals surface area contributed by atoms with E-state index < -0.39 is 22.5 Å². The van der Waals surface area contributed by atoms with Crippen molar-refractivity contribution < 1.29 is 19.2 Å². The standard InChI is InChI=1S/C31H22BrClN4O6S/c1-3-42-30(39)26-17(2)35-31-36(27(26)21-10-6-7-11-23(21)33)29(38)25(44-31)14-18-12-22(32)28(24(13-18)37(40)41)43-16-20-9-5-4-8-19(20)15-34/h4-14,27H,3,16H2,1-2H3/b25-14-/t27-/m0/s1. The lowest BCUT2D eigenvalue weighted by Gasteiger charge is -2.25. The fraction of sp³-hybridized carbons (Fsp3) is 0.161. The van der Waals surface area contributed by atoms with E-state index >= 15 is 0 Å². The maximum Gasteiger partial charge on any atom is 0.338 e. The van der Waals surface area contributed by atoms with E-state index in [4.69, 9.17) is 21.1 Å². The quantitative estimate of drug-likeness (QED) is 0.134. The van der Waals surface area contributed by atoms with Gasteiger partial charge in [-0.3, -0.25) is 19.5 Å². The van der Waals surface area contributed by atoms with Gasteiger partial charge in [-0.05, 0) is 65.2 Å². The van der Waals surface area contributed by atoms with E-state index in [-0.39, 0.29) is 39.2 Å². The Kier molecular flexibility index (Phi) is 9.10. The number of hydrogen-bond acceptors (Lipinski definition) is 9. The molecule has 0 aliphatic carbocycles. The molecule has 1 aliphatic heterocycles. The molecule has 0 fully saturated rings. The summed E-state index contributed by atoms with van der Waals surface area (Å²) in [6.07, 6.45) is 1.52. The third kappa shape index (κ3) is 5.94. The number of fused-ring (bicyclic) bond motifs is 1.